The summed E-state index contributed by atoms with van der Waals surface area (Å²) < 4.78 is 29.5. The third-order valence-corrected chi connectivity index (χ3v) is 14.1. The van der Waals surface area contributed by atoms with Crippen LogP contribution in [0.2, 0.25) is 5.02 Å². The highest BCUT2D eigenvalue weighted by molar-refractivity contribution is 6.35. The molecule has 6 amide bonds. The second kappa shape index (κ2) is 20.7. The van der Waals surface area contributed by atoms with Crippen molar-refractivity contribution in [1.29, 1.82) is 0 Å². The summed E-state index contributed by atoms with van der Waals surface area (Å²) in [4.78, 5) is 95.1. The predicted molar refractivity (Wildman–Crippen MR) is 240 cm³/mol. The van der Waals surface area contributed by atoms with Gasteiger partial charge in [0.2, 0.25) is 17.7 Å². The SMILES string of the molecule is COc1cc2cc(c1Cl)N(C)C(=O)C[C@H](OC(=O)[C@H](C)N(C)C(=O)[C@H]1CC[C@H](CNC(=O)CCN3C(=O)C=CC3=O)CC1)[C@]1(C)OC1C(C)[C@@H]1C[C@@](O)(NC(=O)O1)[C@H](OC)/C=C/C=C(\C)C2. The van der Waals surface area contributed by atoms with Crippen LogP contribution in [0.25, 0.3) is 0 Å². The van der Waals surface area contributed by atoms with Gasteiger partial charge in [0.05, 0.1) is 25.3 Å². The summed E-state index contributed by atoms with van der Waals surface area (Å²) in [6.07, 6.45) is 5.32. The number of alkyl carbamates (subject to hydrolysis) is 1. The first-order chi connectivity index (χ1) is 31.2. The van der Waals surface area contributed by atoms with Crippen LogP contribution in [-0.2, 0) is 54.1 Å². The first kappa shape index (κ1) is 50.1. The van der Waals surface area contributed by atoms with Crippen LogP contribution in [0.4, 0.5) is 10.5 Å². The van der Waals surface area contributed by atoms with E-state index in [0.717, 1.165) is 16.0 Å². The maximum atomic E-state index is 14.3. The number of allylic oxidation sites excluding steroid dienone is 3. The zero-order valence-electron chi connectivity index (χ0n) is 38.8. The van der Waals surface area contributed by atoms with Crippen LogP contribution in [0.5, 0.6) is 5.75 Å². The first-order valence-electron chi connectivity index (χ1n) is 22.4. The normalized spacial score (nSPS) is 32.0. The maximum absolute atomic E-state index is 14.3. The third-order valence-electron chi connectivity index (χ3n) is 13.7. The second-order valence-electron chi connectivity index (χ2n) is 18.3. The molecular formula is C47H62ClN5O13. The lowest BCUT2D eigenvalue weighted by Gasteiger charge is -2.42. The van der Waals surface area contributed by atoms with Crippen LogP contribution in [0.15, 0.2) is 48.1 Å². The molecule has 1 aromatic carbocycles. The number of amides is 6. The number of carbonyl (C=O) groups excluding carboxylic acids is 7. The number of rotatable bonds is 11. The number of methoxy groups -OCH3 is 2. The van der Waals surface area contributed by atoms with Gasteiger partial charge in [0, 0.05) is 71.1 Å². The summed E-state index contributed by atoms with van der Waals surface area (Å²) in [6.45, 7) is 7.34. The Bertz CT molecular complexity index is 2150. The van der Waals surface area contributed by atoms with E-state index in [4.69, 9.17) is 35.3 Å². The van der Waals surface area contributed by atoms with Crippen molar-refractivity contribution >= 4 is 58.9 Å². The van der Waals surface area contributed by atoms with Crippen molar-refractivity contribution in [3.63, 3.8) is 0 Å². The van der Waals surface area contributed by atoms with Gasteiger partial charge in [-0.3, -0.25) is 34.2 Å². The van der Waals surface area contributed by atoms with Crippen molar-refractivity contribution in [3.05, 3.63) is 58.7 Å². The molecule has 360 valence electrons. The van der Waals surface area contributed by atoms with Crippen molar-refractivity contribution in [2.75, 3.05) is 46.3 Å². The zero-order valence-corrected chi connectivity index (χ0v) is 39.6. The van der Waals surface area contributed by atoms with Gasteiger partial charge in [-0.1, -0.05) is 42.3 Å². The van der Waals surface area contributed by atoms with Crippen molar-refractivity contribution in [1.82, 2.24) is 20.4 Å². The van der Waals surface area contributed by atoms with Gasteiger partial charge in [0.25, 0.3) is 11.8 Å². The Morgan fingerprint density at radius 3 is 2.42 bits per heavy atom. The molecule has 18 nitrogen and oxygen atoms in total. The number of aliphatic hydroxyl groups is 1. The Hall–Kier alpha value is -5.30. The Labute approximate surface area is 389 Å². The summed E-state index contributed by atoms with van der Waals surface area (Å²) >= 11 is 6.81. The summed E-state index contributed by atoms with van der Waals surface area (Å²) in [6, 6.07) is 2.50. The molecule has 1 aliphatic carbocycles. The third kappa shape index (κ3) is 11.1. The average Bonchev–Trinajstić information content (AvgIpc) is 3.88. The number of hydrogen-bond donors (Lipinski definition) is 3. The van der Waals surface area contributed by atoms with E-state index in [0.29, 0.717) is 50.1 Å². The molecule has 0 spiro atoms. The topological polar surface area (TPSA) is 223 Å². The second-order valence-corrected chi connectivity index (χ2v) is 18.7. The van der Waals surface area contributed by atoms with Gasteiger partial charge in [0.15, 0.2) is 5.72 Å². The number of likely N-dealkylation sites (N-methyl/N-ethyl adjacent to an activating group) is 1. The van der Waals surface area contributed by atoms with Gasteiger partial charge >= 0.3 is 12.1 Å². The fraction of sp³-hybridized carbons (Fsp3) is 0.596. The molecule has 1 saturated carbocycles. The van der Waals surface area contributed by atoms with Crippen LogP contribution < -0.4 is 20.3 Å². The summed E-state index contributed by atoms with van der Waals surface area (Å²) in [5, 5.41) is 17.4. The summed E-state index contributed by atoms with van der Waals surface area (Å²) in [5.41, 5.74) is -1.08. The Morgan fingerprint density at radius 1 is 1.09 bits per heavy atom. The molecule has 0 radical (unpaired) electrons. The molecule has 0 aromatic heterocycles. The molecule has 4 heterocycles. The molecule has 19 heteroatoms. The lowest BCUT2D eigenvalue weighted by molar-refractivity contribution is -0.163. The van der Waals surface area contributed by atoms with Crippen molar-refractivity contribution in [2.24, 2.45) is 17.8 Å². The number of ether oxygens (including phenoxy) is 5. The fourth-order valence-corrected chi connectivity index (χ4v) is 9.62. The van der Waals surface area contributed by atoms with Crippen LogP contribution in [0, 0.1) is 17.8 Å². The molecule has 4 bridgehead atoms. The number of nitrogens with zero attached hydrogens (tertiary/aromatic N) is 3. The number of fused-ring (bicyclic) bond motifs is 5. The molecule has 2 saturated heterocycles. The van der Waals surface area contributed by atoms with Gasteiger partial charge in [-0.05, 0) is 76.5 Å². The molecule has 8 atom stereocenters. The highest BCUT2D eigenvalue weighted by Crippen LogP contribution is 2.49. The monoisotopic (exact) mass is 939 g/mol. The van der Waals surface area contributed by atoms with Crippen LogP contribution >= 0.6 is 11.6 Å². The van der Waals surface area contributed by atoms with E-state index in [1.165, 1.54) is 43.2 Å². The van der Waals surface area contributed by atoms with Crippen LogP contribution in [0.3, 0.4) is 0 Å². The number of epoxide rings is 1. The number of carbonyl (C=O) groups is 7. The van der Waals surface area contributed by atoms with Gasteiger partial charge < -0.3 is 43.9 Å². The zero-order chi connectivity index (χ0) is 48.2. The lowest BCUT2D eigenvalue weighted by atomic mass is 9.81. The minimum atomic E-state index is -1.86. The van der Waals surface area contributed by atoms with E-state index in [9.17, 15) is 38.7 Å². The quantitative estimate of drug-likeness (QED) is 0.164. The number of esters is 1. The Balaban J connectivity index is 1.16. The minimum Gasteiger partial charge on any atom is -0.495 e. The van der Waals surface area contributed by atoms with E-state index in [1.54, 1.807) is 52.1 Å². The number of imide groups is 1. The highest BCUT2D eigenvalue weighted by Gasteiger charge is 2.64. The molecule has 2 unspecified atom stereocenters. The first-order valence-corrected chi connectivity index (χ1v) is 22.7. The van der Waals surface area contributed by atoms with Crippen molar-refractivity contribution in [2.45, 2.75) is 121 Å². The minimum absolute atomic E-state index is 0.00377. The number of halogens is 1. The predicted octanol–water partition coefficient (Wildman–Crippen LogP) is 3.75. The maximum Gasteiger partial charge on any atom is 0.409 e. The Morgan fingerprint density at radius 2 is 1.77 bits per heavy atom. The van der Waals surface area contributed by atoms with E-state index in [-0.39, 0.29) is 54.5 Å². The standard InChI is InChI=1S/C47H62ClN5O13/c1-26-10-9-11-35(63-8)47(61)24-34(64-45(60)50-47)27(2)42-46(4,66-42)36(23-40(57)52(6)32-21-30(20-26)22-33(62-7)41(32)48)65-44(59)28(3)51(5)43(58)31-14-12-29(13-15-31)25-49-37(54)18-19-53-38(55)16-17-39(53)56/h9-11,16-17,21-22,27-29,31,34-36,42,61H,12-15,18-20,23-25H2,1-8H3,(H,49,54)(H,50,60)/b11-9+,26-10+/t27?,28-,29-,31-,34-,35+,36-,42?,46-,47-/m0/s1. The van der Waals surface area contributed by atoms with Gasteiger partial charge in [-0.2, -0.15) is 0 Å². The van der Waals surface area contributed by atoms with Gasteiger partial charge in [-0.25, -0.2) is 9.59 Å². The average molecular weight is 940 g/mol. The van der Waals surface area contributed by atoms with Gasteiger partial charge in [-0.15, -0.1) is 0 Å². The van der Waals surface area contributed by atoms with Crippen molar-refractivity contribution in [3.8, 4) is 5.75 Å². The van der Waals surface area contributed by atoms with E-state index < -0.39 is 77.5 Å². The lowest BCUT2D eigenvalue weighted by Crippen LogP contribution is -2.63. The van der Waals surface area contributed by atoms with Crippen LogP contribution in [0.1, 0.15) is 78.2 Å². The smallest absolute Gasteiger partial charge is 0.409 e. The van der Waals surface area contributed by atoms with E-state index in [2.05, 4.69) is 10.6 Å². The fourth-order valence-electron chi connectivity index (χ4n) is 9.31. The van der Waals surface area contributed by atoms with E-state index >= 15 is 0 Å². The van der Waals surface area contributed by atoms with Crippen molar-refractivity contribution < 1.29 is 62.4 Å². The van der Waals surface area contributed by atoms with Gasteiger partial charge in [0.1, 0.15) is 40.7 Å². The molecule has 1 aromatic rings. The number of anilines is 1. The van der Waals surface area contributed by atoms with E-state index in [1.807, 2.05) is 13.0 Å². The summed E-state index contributed by atoms with van der Waals surface area (Å²) in [7, 11) is 5.99. The molecule has 6 rings (SSSR count). The van der Waals surface area contributed by atoms with Crippen LogP contribution in [-0.4, -0.2) is 140 Å². The number of hydrogen-bond acceptors (Lipinski definition) is 13. The summed E-state index contributed by atoms with van der Waals surface area (Å²) in [5.74, 6) is -3.12. The molecule has 3 N–H and O–H groups in total. The molecule has 5 aliphatic rings. The molecule has 66 heavy (non-hydrogen) atoms. The number of benzene rings is 1. The largest absolute Gasteiger partial charge is 0.495 e. The highest BCUT2D eigenvalue weighted by atomic mass is 35.5. The molecular weight excluding hydrogens is 878 g/mol. The Kier molecular flexibility index (Phi) is 15.7. The number of nitrogens with one attached hydrogen (secondary N) is 2. The molecule has 3 fully saturated rings. The molecule has 4 aliphatic heterocycles.